The van der Waals surface area contributed by atoms with E-state index in [-0.39, 0.29) is 17.5 Å². The smallest absolute Gasteiger partial charge is 0.422 e. The van der Waals surface area contributed by atoms with Gasteiger partial charge < -0.3 is 15.2 Å². The van der Waals surface area contributed by atoms with Crippen molar-refractivity contribution in [1.82, 2.24) is 0 Å². The molecular formula is C14H19BrF3NO2. The molecule has 0 aliphatic rings. The number of halogens is 4. The van der Waals surface area contributed by atoms with Crippen molar-refractivity contribution in [2.45, 2.75) is 38.9 Å². The molecule has 7 heteroatoms. The Morgan fingerprint density at radius 1 is 1.24 bits per heavy atom. The highest BCUT2D eigenvalue weighted by molar-refractivity contribution is 9.10. The molecule has 1 atom stereocenters. The van der Waals surface area contributed by atoms with Crippen LogP contribution in [0, 0.1) is 0 Å². The summed E-state index contributed by atoms with van der Waals surface area (Å²) in [6, 6.07) is 3.38. The lowest BCUT2D eigenvalue weighted by Crippen LogP contribution is -2.22. The standard InChI is InChI=1S/C14H19BrF3NO2/c1-3-10(19)5-9-6-11(15)13(12(7-9)20-4-2)21-8-14(16,17)18/h6-7,10H,3-5,8,19H2,1-2H3. The molecule has 1 rings (SSSR count). The number of hydrogen-bond acceptors (Lipinski definition) is 3. The number of ether oxygens (including phenoxy) is 2. The minimum absolute atomic E-state index is 0.00619. The molecule has 0 radical (unpaired) electrons. The molecule has 120 valence electrons. The summed E-state index contributed by atoms with van der Waals surface area (Å²) in [4.78, 5) is 0. The molecule has 3 nitrogen and oxygen atoms in total. The van der Waals surface area contributed by atoms with Gasteiger partial charge in [0, 0.05) is 6.04 Å². The van der Waals surface area contributed by atoms with Gasteiger partial charge in [-0.05, 0) is 53.4 Å². The summed E-state index contributed by atoms with van der Waals surface area (Å²) in [5.74, 6) is 0.345. The van der Waals surface area contributed by atoms with Gasteiger partial charge in [-0.25, -0.2) is 0 Å². The van der Waals surface area contributed by atoms with Crippen molar-refractivity contribution in [1.29, 1.82) is 0 Å². The van der Waals surface area contributed by atoms with Gasteiger partial charge in [0.05, 0.1) is 11.1 Å². The number of hydrogen-bond donors (Lipinski definition) is 1. The molecule has 0 amide bonds. The predicted molar refractivity (Wildman–Crippen MR) is 78.8 cm³/mol. The summed E-state index contributed by atoms with van der Waals surface area (Å²) in [6.07, 6.45) is -2.96. The predicted octanol–water partition coefficient (Wildman–Crippen LogP) is 4.07. The molecule has 0 aliphatic carbocycles. The topological polar surface area (TPSA) is 44.5 Å². The fourth-order valence-corrected chi connectivity index (χ4v) is 2.35. The van der Waals surface area contributed by atoms with Crippen molar-refractivity contribution >= 4 is 15.9 Å². The van der Waals surface area contributed by atoms with E-state index >= 15 is 0 Å². The van der Waals surface area contributed by atoms with E-state index in [0.29, 0.717) is 17.5 Å². The SMILES string of the molecule is CCOc1cc(CC(N)CC)cc(Br)c1OCC(F)(F)F. The van der Waals surface area contributed by atoms with Crippen LogP contribution in [0.1, 0.15) is 25.8 Å². The monoisotopic (exact) mass is 369 g/mol. The first-order valence-corrected chi connectivity index (χ1v) is 7.46. The van der Waals surface area contributed by atoms with E-state index in [1.165, 1.54) is 0 Å². The Balaban J connectivity index is 3.01. The summed E-state index contributed by atoms with van der Waals surface area (Å²) in [5.41, 5.74) is 6.78. The lowest BCUT2D eigenvalue weighted by atomic mass is 10.0. The molecule has 1 unspecified atom stereocenters. The molecule has 0 saturated carbocycles. The van der Waals surface area contributed by atoms with Crippen molar-refractivity contribution in [3.63, 3.8) is 0 Å². The van der Waals surface area contributed by atoms with Crippen LogP contribution in [0.15, 0.2) is 16.6 Å². The third kappa shape index (κ3) is 6.13. The number of nitrogens with two attached hydrogens (primary N) is 1. The van der Waals surface area contributed by atoms with Gasteiger partial charge in [0.2, 0.25) is 0 Å². The first-order valence-electron chi connectivity index (χ1n) is 6.67. The Morgan fingerprint density at radius 2 is 1.90 bits per heavy atom. The van der Waals surface area contributed by atoms with Crippen LogP contribution in [0.2, 0.25) is 0 Å². The number of alkyl halides is 3. The highest BCUT2D eigenvalue weighted by Crippen LogP contribution is 2.38. The lowest BCUT2D eigenvalue weighted by molar-refractivity contribution is -0.153. The highest BCUT2D eigenvalue weighted by Gasteiger charge is 2.29. The Hall–Kier alpha value is -0.950. The molecule has 0 bridgehead atoms. The van der Waals surface area contributed by atoms with Gasteiger partial charge in [-0.15, -0.1) is 0 Å². The molecule has 0 saturated heterocycles. The highest BCUT2D eigenvalue weighted by atomic mass is 79.9. The van der Waals surface area contributed by atoms with Crippen molar-refractivity contribution in [2.24, 2.45) is 5.73 Å². The van der Waals surface area contributed by atoms with Gasteiger partial charge >= 0.3 is 6.18 Å². The maximum atomic E-state index is 12.3. The largest absolute Gasteiger partial charge is 0.490 e. The Bertz CT molecular complexity index is 466. The molecule has 0 heterocycles. The van der Waals surface area contributed by atoms with Crippen LogP contribution < -0.4 is 15.2 Å². The van der Waals surface area contributed by atoms with Gasteiger partial charge in [0.25, 0.3) is 0 Å². The van der Waals surface area contributed by atoms with Crippen LogP contribution in [0.25, 0.3) is 0 Å². The second-order valence-electron chi connectivity index (χ2n) is 4.61. The van der Waals surface area contributed by atoms with Crippen LogP contribution >= 0.6 is 15.9 Å². The van der Waals surface area contributed by atoms with E-state index < -0.39 is 12.8 Å². The van der Waals surface area contributed by atoms with Crippen molar-refractivity contribution in [3.8, 4) is 11.5 Å². The van der Waals surface area contributed by atoms with Gasteiger partial charge in [0.15, 0.2) is 18.1 Å². The summed E-state index contributed by atoms with van der Waals surface area (Å²) in [6.45, 7) is 2.70. The summed E-state index contributed by atoms with van der Waals surface area (Å²) < 4.78 is 47.5. The molecule has 0 aliphatic heterocycles. The Kier molecular flexibility index (Phi) is 6.80. The fourth-order valence-electron chi connectivity index (χ4n) is 1.74. The molecule has 21 heavy (non-hydrogen) atoms. The summed E-state index contributed by atoms with van der Waals surface area (Å²) >= 11 is 3.23. The summed E-state index contributed by atoms with van der Waals surface area (Å²) in [7, 11) is 0. The molecule has 2 N–H and O–H groups in total. The van der Waals surface area contributed by atoms with E-state index in [2.05, 4.69) is 15.9 Å². The van der Waals surface area contributed by atoms with Crippen LogP contribution in [0.5, 0.6) is 11.5 Å². The zero-order chi connectivity index (χ0) is 16.0. The van der Waals surface area contributed by atoms with Gasteiger partial charge in [0.1, 0.15) is 0 Å². The molecule has 1 aromatic carbocycles. The van der Waals surface area contributed by atoms with E-state index in [1.807, 2.05) is 6.92 Å². The van der Waals surface area contributed by atoms with Crippen molar-refractivity contribution in [3.05, 3.63) is 22.2 Å². The second-order valence-corrected chi connectivity index (χ2v) is 5.47. The Labute approximate surface area is 130 Å². The van der Waals surface area contributed by atoms with Gasteiger partial charge in [-0.1, -0.05) is 6.92 Å². The lowest BCUT2D eigenvalue weighted by Gasteiger charge is -2.17. The maximum Gasteiger partial charge on any atom is 0.422 e. The molecule has 1 aromatic rings. The van der Waals surface area contributed by atoms with Crippen LogP contribution in [0.3, 0.4) is 0 Å². The minimum atomic E-state index is -4.40. The number of benzene rings is 1. The zero-order valence-corrected chi connectivity index (χ0v) is 13.6. The van der Waals surface area contributed by atoms with Gasteiger partial charge in [-0.3, -0.25) is 0 Å². The van der Waals surface area contributed by atoms with E-state index in [0.717, 1.165) is 12.0 Å². The quantitative estimate of drug-likeness (QED) is 0.787. The molecular weight excluding hydrogens is 351 g/mol. The van der Waals surface area contributed by atoms with E-state index in [4.69, 9.17) is 15.2 Å². The van der Waals surface area contributed by atoms with E-state index in [1.54, 1.807) is 19.1 Å². The second kappa shape index (κ2) is 7.89. The van der Waals surface area contributed by atoms with E-state index in [9.17, 15) is 13.2 Å². The average Bonchev–Trinajstić information content (AvgIpc) is 2.36. The zero-order valence-electron chi connectivity index (χ0n) is 12.0. The fraction of sp³-hybridized carbons (Fsp3) is 0.571. The van der Waals surface area contributed by atoms with Gasteiger partial charge in [-0.2, -0.15) is 13.2 Å². The molecule has 0 aromatic heterocycles. The molecule has 0 spiro atoms. The van der Waals surface area contributed by atoms with Crippen LogP contribution in [-0.2, 0) is 6.42 Å². The van der Waals surface area contributed by atoms with Crippen molar-refractivity contribution in [2.75, 3.05) is 13.2 Å². The number of rotatable bonds is 7. The minimum Gasteiger partial charge on any atom is -0.490 e. The first-order chi connectivity index (χ1) is 9.76. The first kappa shape index (κ1) is 18.1. The Morgan fingerprint density at radius 3 is 2.43 bits per heavy atom. The normalized spacial score (nSPS) is 13.1. The van der Waals surface area contributed by atoms with Crippen LogP contribution in [0.4, 0.5) is 13.2 Å². The van der Waals surface area contributed by atoms with Crippen LogP contribution in [-0.4, -0.2) is 25.4 Å². The average molecular weight is 370 g/mol. The third-order valence-electron chi connectivity index (χ3n) is 2.77. The summed E-state index contributed by atoms with van der Waals surface area (Å²) in [5, 5.41) is 0. The third-order valence-corrected chi connectivity index (χ3v) is 3.36. The maximum absolute atomic E-state index is 12.3. The van der Waals surface area contributed by atoms with Crippen molar-refractivity contribution < 1.29 is 22.6 Å². The molecule has 0 fully saturated rings.